The van der Waals surface area contributed by atoms with Crippen molar-refractivity contribution in [3.63, 3.8) is 0 Å². The van der Waals surface area contributed by atoms with Gasteiger partial charge in [0, 0.05) is 18.0 Å². The van der Waals surface area contributed by atoms with Crippen molar-refractivity contribution in [2.75, 3.05) is 18.4 Å². The van der Waals surface area contributed by atoms with E-state index in [1.165, 1.54) is 6.33 Å². The zero-order valence-corrected chi connectivity index (χ0v) is 14.9. The number of carbonyl (C=O) groups excluding carboxylic acids is 1. The first kappa shape index (κ1) is 17.6. The quantitative estimate of drug-likeness (QED) is 0.772. The Labute approximate surface area is 156 Å². The Hall–Kier alpha value is -2.80. The number of amides is 1. The zero-order chi connectivity index (χ0) is 18.8. The molecule has 1 aromatic carbocycles. The number of nitrogens with one attached hydrogen (secondary N) is 2. The topological polar surface area (TPSA) is 92.9 Å². The molecule has 2 aliphatic rings. The molecule has 4 rings (SSSR count). The summed E-state index contributed by atoms with van der Waals surface area (Å²) in [6.45, 7) is 1.73. The van der Waals surface area contributed by atoms with Gasteiger partial charge in [-0.15, -0.1) is 0 Å². The van der Waals surface area contributed by atoms with Crippen LogP contribution in [0.3, 0.4) is 0 Å². The van der Waals surface area contributed by atoms with Crippen LogP contribution in [0, 0.1) is 11.8 Å². The molecule has 0 spiro atoms. The van der Waals surface area contributed by atoms with Crippen molar-refractivity contribution in [2.24, 2.45) is 17.6 Å². The normalized spacial score (nSPS) is 25.2. The Kier molecular flexibility index (Phi) is 4.85. The second-order valence-electron chi connectivity index (χ2n) is 7.04. The SMILES string of the molecule is NC(=O)c1cccc2c(N[C@@H]3CNCC[C@H]3C3C=CC(F)=CC3)ncnc12. The number of aromatic nitrogens is 2. The van der Waals surface area contributed by atoms with Gasteiger partial charge in [0.05, 0.1) is 11.1 Å². The zero-order valence-electron chi connectivity index (χ0n) is 14.9. The molecule has 1 unspecified atom stereocenters. The number of allylic oxidation sites excluding steroid dienone is 4. The Bertz CT molecular complexity index is 926. The number of rotatable bonds is 4. The summed E-state index contributed by atoms with van der Waals surface area (Å²) in [6, 6.07) is 5.47. The second kappa shape index (κ2) is 7.44. The van der Waals surface area contributed by atoms with Gasteiger partial charge >= 0.3 is 0 Å². The molecule has 6 nitrogen and oxygen atoms in total. The maximum absolute atomic E-state index is 13.3. The number of hydrogen-bond donors (Lipinski definition) is 3. The first-order valence-corrected chi connectivity index (χ1v) is 9.18. The Morgan fingerprint density at radius 2 is 2.22 bits per heavy atom. The van der Waals surface area contributed by atoms with Crippen LogP contribution >= 0.6 is 0 Å². The van der Waals surface area contributed by atoms with Crippen molar-refractivity contribution >= 4 is 22.6 Å². The fourth-order valence-electron chi connectivity index (χ4n) is 4.05. The number of primary amides is 1. The summed E-state index contributed by atoms with van der Waals surface area (Å²) < 4.78 is 13.3. The predicted octanol–water partition coefficient (Wildman–Crippen LogP) is 2.55. The van der Waals surface area contributed by atoms with Gasteiger partial charge < -0.3 is 16.4 Å². The van der Waals surface area contributed by atoms with Crippen LogP contribution in [-0.4, -0.2) is 35.0 Å². The minimum absolute atomic E-state index is 0.137. The van der Waals surface area contributed by atoms with Gasteiger partial charge in [0.25, 0.3) is 5.91 Å². The van der Waals surface area contributed by atoms with E-state index in [4.69, 9.17) is 5.73 Å². The van der Waals surface area contributed by atoms with Crippen molar-refractivity contribution in [1.29, 1.82) is 0 Å². The number of nitrogens with two attached hydrogens (primary N) is 1. The molecule has 4 N–H and O–H groups in total. The predicted molar refractivity (Wildman–Crippen MR) is 103 cm³/mol. The lowest BCUT2D eigenvalue weighted by atomic mass is 9.78. The molecule has 2 heterocycles. The van der Waals surface area contributed by atoms with Crippen LogP contribution in [0.5, 0.6) is 0 Å². The Morgan fingerprint density at radius 1 is 1.33 bits per heavy atom. The van der Waals surface area contributed by atoms with Crippen molar-refractivity contribution < 1.29 is 9.18 Å². The lowest BCUT2D eigenvalue weighted by molar-refractivity contribution is 0.100. The molecule has 1 fully saturated rings. The lowest BCUT2D eigenvalue weighted by Gasteiger charge is -2.37. The van der Waals surface area contributed by atoms with E-state index in [9.17, 15) is 9.18 Å². The standard InChI is InChI=1S/C20H22FN5O/c21-13-6-4-12(5-7-13)14-8-9-23-10-17(14)26-20-16-3-1-2-15(19(22)27)18(16)24-11-25-20/h1-4,6-7,11-12,14,17,23H,5,8-10H2,(H2,22,27)(H,24,25,26)/t12?,14-,17+/m0/s1. The van der Waals surface area contributed by atoms with E-state index in [0.29, 0.717) is 35.2 Å². The van der Waals surface area contributed by atoms with Gasteiger partial charge in [0.1, 0.15) is 18.0 Å². The maximum atomic E-state index is 13.3. The van der Waals surface area contributed by atoms with Crippen LogP contribution in [0.25, 0.3) is 10.9 Å². The molecule has 1 aliphatic carbocycles. The average molecular weight is 367 g/mol. The molecule has 1 aliphatic heterocycles. The number of benzene rings is 1. The summed E-state index contributed by atoms with van der Waals surface area (Å²) in [5.41, 5.74) is 6.40. The first-order chi connectivity index (χ1) is 13.1. The van der Waals surface area contributed by atoms with E-state index in [-0.39, 0.29) is 11.9 Å². The van der Waals surface area contributed by atoms with E-state index in [1.807, 2.05) is 12.1 Å². The second-order valence-corrected chi connectivity index (χ2v) is 7.04. The van der Waals surface area contributed by atoms with Crippen LogP contribution < -0.4 is 16.4 Å². The van der Waals surface area contributed by atoms with E-state index < -0.39 is 5.91 Å². The van der Waals surface area contributed by atoms with Gasteiger partial charge in [0.2, 0.25) is 0 Å². The highest BCUT2D eigenvalue weighted by molar-refractivity contribution is 6.06. The van der Waals surface area contributed by atoms with Crippen molar-refractivity contribution in [2.45, 2.75) is 18.9 Å². The first-order valence-electron chi connectivity index (χ1n) is 9.18. The summed E-state index contributed by atoms with van der Waals surface area (Å²) in [5.74, 6) is 0.659. The number of halogens is 1. The van der Waals surface area contributed by atoms with Crippen LogP contribution in [0.1, 0.15) is 23.2 Å². The summed E-state index contributed by atoms with van der Waals surface area (Å²) >= 11 is 0. The summed E-state index contributed by atoms with van der Waals surface area (Å²) in [5, 5.41) is 7.72. The number of carbonyl (C=O) groups is 1. The molecule has 3 atom stereocenters. The van der Waals surface area contributed by atoms with Crippen molar-refractivity contribution in [3.8, 4) is 0 Å². The third-order valence-electron chi connectivity index (χ3n) is 5.43. The highest BCUT2D eigenvalue weighted by atomic mass is 19.1. The van der Waals surface area contributed by atoms with E-state index >= 15 is 0 Å². The van der Waals surface area contributed by atoms with E-state index in [0.717, 1.165) is 24.9 Å². The molecule has 0 saturated carbocycles. The van der Waals surface area contributed by atoms with Gasteiger partial charge in [-0.25, -0.2) is 14.4 Å². The molecule has 7 heteroatoms. The number of nitrogens with zero attached hydrogens (tertiary/aromatic N) is 2. The number of anilines is 1. The van der Waals surface area contributed by atoms with Gasteiger partial charge in [-0.05, 0) is 55.5 Å². The molecule has 1 amide bonds. The highest BCUT2D eigenvalue weighted by Gasteiger charge is 2.31. The van der Waals surface area contributed by atoms with Crippen molar-refractivity contribution in [3.05, 3.63) is 54.1 Å². The highest BCUT2D eigenvalue weighted by Crippen LogP contribution is 2.32. The van der Waals surface area contributed by atoms with Gasteiger partial charge in [-0.2, -0.15) is 0 Å². The molecular formula is C20H22FN5O. The summed E-state index contributed by atoms with van der Waals surface area (Å²) in [4.78, 5) is 20.3. The average Bonchev–Trinajstić information content (AvgIpc) is 2.69. The molecular weight excluding hydrogens is 345 g/mol. The fourth-order valence-corrected chi connectivity index (χ4v) is 4.05. The van der Waals surface area contributed by atoms with Gasteiger partial charge in [0.15, 0.2) is 0 Å². The van der Waals surface area contributed by atoms with E-state index in [1.54, 1.807) is 24.3 Å². The minimum Gasteiger partial charge on any atom is -0.366 e. The maximum Gasteiger partial charge on any atom is 0.250 e. The molecule has 27 heavy (non-hydrogen) atoms. The molecule has 1 aromatic heterocycles. The molecule has 140 valence electrons. The minimum atomic E-state index is -0.511. The summed E-state index contributed by atoms with van der Waals surface area (Å²) in [6.07, 6.45) is 8.35. The van der Waals surface area contributed by atoms with Crippen LogP contribution in [0.15, 0.2) is 48.6 Å². The van der Waals surface area contributed by atoms with Crippen molar-refractivity contribution in [1.82, 2.24) is 15.3 Å². The van der Waals surface area contributed by atoms with Crippen LogP contribution in [-0.2, 0) is 0 Å². The summed E-state index contributed by atoms with van der Waals surface area (Å²) in [7, 11) is 0. The lowest BCUT2D eigenvalue weighted by Crippen LogP contribution is -2.47. The smallest absolute Gasteiger partial charge is 0.250 e. The number of para-hydroxylation sites is 1. The van der Waals surface area contributed by atoms with E-state index in [2.05, 4.69) is 20.6 Å². The molecule has 0 radical (unpaired) electrons. The number of fused-ring (bicyclic) bond motifs is 1. The third kappa shape index (κ3) is 3.55. The molecule has 2 aromatic rings. The monoisotopic (exact) mass is 367 g/mol. The van der Waals surface area contributed by atoms with Gasteiger partial charge in [-0.3, -0.25) is 4.79 Å². The third-order valence-corrected chi connectivity index (χ3v) is 5.43. The fraction of sp³-hybridized carbons (Fsp3) is 0.350. The Morgan fingerprint density at radius 3 is 3.00 bits per heavy atom. The van der Waals surface area contributed by atoms with Crippen LogP contribution in [0.4, 0.5) is 10.2 Å². The van der Waals surface area contributed by atoms with Crippen LogP contribution in [0.2, 0.25) is 0 Å². The number of hydrogen-bond acceptors (Lipinski definition) is 5. The number of piperidine rings is 1. The van der Waals surface area contributed by atoms with Gasteiger partial charge in [-0.1, -0.05) is 12.1 Å². The Balaban J connectivity index is 1.63. The molecule has 0 bridgehead atoms. The largest absolute Gasteiger partial charge is 0.366 e. The molecule has 1 saturated heterocycles.